The lowest BCUT2D eigenvalue weighted by Crippen LogP contribution is -2.26. The molecule has 1 amide bonds. The van der Waals surface area contributed by atoms with Crippen molar-refractivity contribution in [1.29, 1.82) is 0 Å². The van der Waals surface area contributed by atoms with Crippen molar-refractivity contribution in [1.82, 2.24) is 5.32 Å². The van der Waals surface area contributed by atoms with E-state index in [0.717, 1.165) is 6.07 Å². The van der Waals surface area contributed by atoms with Crippen LogP contribution in [0.1, 0.15) is 27.3 Å². The highest BCUT2D eigenvalue weighted by Gasteiger charge is 2.14. The number of esters is 1. The number of amides is 1. The molecule has 2 rings (SSSR count). The lowest BCUT2D eigenvalue weighted by atomic mass is 10.1. The summed E-state index contributed by atoms with van der Waals surface area (Å²) in [4.78, 5) is 34.7. The zero-order chi connectivity index (χ0) is 16.7. The number of benzene rings is 1. The maximum Gasteiger partial charge on any atom is 0.308 e. The Kier molecular flexibility index (Phi) is 5.62. The highest BCUT2D eigenvalue weighted by atomic mass is 19.1. The molecule has 1 aromatic heterocycles. The van der Waals surface area contributed by atoms with Crippen LogP contribution in [0, 0.1) is 5.82 Å². The Morgan fingerprint density at radius 1 is 1.13 bits per heavy atom. The number of Topliss-reactive ketones (excluding diaryl/α,β-unsaturated/α-hetero) is 1. The minimum atomic E-state index is -0.672. The lowest BCUT2D eigenvalue weighted by Gasteiger charge is -2.06. The van der Waals surface area contributed by atoms with Crippen molar-refractivity contribution >= 4 is 17.7 Å². The first-order valence-electron chi connectivity index (χ1n) is 6.83. The summed E-state index contributed by atoms with van der Waals surface area (Å²) >= 11 is 0. The average molecular weight is 319 g/mol. The van der Waals surface area contributed by atoms with Crippen molar-refractivity contribution in [2.45, 2.75) is 6.42 Å². The number of carbonyl (C=O) groups excluding carboxylic acids is 3. The number of nitrogens with one attached hydrogen (secondary N) is 1. The molecule has 0 saturated carbocycles. The molecule has 1 aromatic carbocycles. The van der Waals surface area contributed by atoms with Gasteiger partial charge in [-0.05, 0) is 24.3 Å². The SMILES string of the molecule is O=C(CCNC(=O)c1ccco1)OCC(=O)c1ccccc1F. The Balaban J connectivity index is 1.70. The molecule has 0 atom stereocenters. The van der Waals surface area contributed by atoms with Gasteiger partial charge in [0.2, 0.25) is 5.78 Å². The molecule has 120 valence electrons. The molecular weight excluding hydrogens is 305 g/mol. The Morgan fingerprint density at radius 3 is 2.61 bits per heavy atom. The molecule has 0 aliphatic rings. The third kappa shape index (κ3) is 4.77. The molecule has 0 aliphatic heterocycles. The zero-order valence-electron chi connectivity index (χ0n) is 12.1. The minimum Gasteiger partial charge on any atom is -0.459 e. The second kappa shape index (κ2) is 7.88. The summed E-state index contributed by atoms with van der Waals surface area (Å²) in [6.45, 7) is -0.516. The number of hydrogen-bond acceptors (Lipinski definition) is 5. The second-order valence-corrected chi connectivity index (χ2v) is 4.55. The van der Waals surface area contributed by atoms with Crippen molar-refractivity contribution < 1.29 is 27.9 Å². The van der Waals surface area contributed by atoms with E-state index in [0.29, 0.717) is 0 Å². The third-order valence-electron chi connectivity index (χ3n) is 2.90. The van der Waals surface area contributed by atoms with E-state index in [1.54, 1.807) is 6.07 Å². The highest BCUT2D eigenvalue weighted by Crippen LogP contribution is 2.07. The van der Waals surface area contributed by atoms with Gasteiger partial charge in [-0.1, -0.05) is 12.1 Å². The summed E-state index contributed by atoms with van der Waals surface area (Å²) in [5, 5.41) is 2.47. The van der Waals surface area contributed by atoms with E-state index in [9.17, 15) is 18.8 Å². The van der Waals surface area contributed by atoms with E-state index >= 15 is 0 Å². The number of furan rings is 1. The number of hydrogen-bond donors (Lipinski definition) is 1. The number of rotatable bonds is 7. The largest absolute Gasteiger partial charge is 0.459 e. The summed E-state index contributed by atoms with van der Waals surface area (Å²) in [7, 11) is 0. The fourth-order valence-corrected chi connectivity index (χ4v) is 1.76. The third-order valence-corrected chi connectivity index (χ3v) is 2.90. The first kappa shape index (κ1) is 16.4. The molecule has 0 aliphatic carbocycles. The predicted molar refractivity (Wildman–Crippen MR) is 77.3 cm³/mol. The van der Waals surface area contributed by atoms with Crippen molar-refractivity contribution in [2.24, 2.45) is 0 Å². The lowest BCUT2D eigenvalue weighted by molar-refractivity contribution is -0.142. The Bertz CT molecular complexity index is 696. The van der Waals surface area contributed by atoms with Gasteiger partial charge in [0.15, 0.2) is 12.4 Å². The first-order chi connectivity index (χ1) is 11.1. The van der Waals surface area contributed by atoms with Gasteiger partial charge in [-0.3, -0.25) is 14.4 Å². The number of halogens is 1. The standard InChI is InChI=1S/C16H14FNO5/c17-12-5-2-1-4-11(12)13(19)10-23-15(20)7-8-18-16(21)14-6-3-9-22-14/h1-6,9H,7-8,10H2,(H,18,21). The summed E-state index contributed by atoms with van der Waals surface area (Å²) in [5.41, 5.74) is -0.133. The van der Waals surface area contributed by atoms with Gasteiger partial charge < -0.3 is 14.5 Å². The maximum absolute atomic E-state index is 13.4. The van der Waals surface area contributed by atoms with Crippen LogP contribution in [0.3, 0.4) is 0 Å². The van der Waals surface area contributed by atoms with E-state index < -0.39 is 30.1 Å². The molecule has 7 heteroatoms. The van der Waals surface area contributed by atoms with Gasteiger partial charge in [0.05, 0.1) is 18.2 Å². The van der Waals surface area contributed by atoms with Gasteiger partial charge in [-0.2, -0.15) is 0 Å². The molecule has 0 spiro atoms. The van der Waals surface area contributed by atoms with Gasteiger partial charge in [0.1, 0.15) is 5.82 Å². The van der Waals surface area contributed by atoms with Crippen LogP contribution < -0.4 is 5.32 Å². The van der Waals surface area contributed by atoms with Gasteiger partial charge in [-0.15, -0.1) is 0 Å². The molecule has 1 N–H and O–H groups in total. The minimum absolute atomic E-state index is 0.0340. The van der Waals surface area contributed by atoms with Crippen LogP contribution in [-0.2, 0) is 9.53 Å². The van der Waals surface area contributed by atoms with Crippen LogP contribution in [0.4, 0.5) is 4.39 Å². The summed E-state index contributed by atoms with van der Waals surface area (Å²) in [6.07, 6.45) is 1.24. The normalized spacial score (nSPS) is 10.1. The van der Waals surface area contributed by atoms with E-state index in [-0.39, 0.29) is 24.3 Å². The van der Waals surface area contributed by atoms with Crippen LogP contribution in [0.5, 0.6) is 0 Å². The molecule has 0 bridgehead atoms. The number of ether oxygens (including phenoxy) is 1. The van der Waals surface area contributed by atoms with Crippen molar-refractivity contribution in [3.05, 3.63) is 59.8 Å². The molecule has 2 aromatic rings. The van der Waals surface area contributed by atoms with Crippen LogP contribution in [0.2, 0.25) is 0 Å². The molecular formula is C16H14FNO5. The van der Waals surface area contributed by atoms with E-state index in [2.05, 4.69) is 5.32 Å². The predicted octanol–water partition coefficient (Wildman–Crippen LogP) is 1.96. The van der Waals surface area contributed by atoms with E-state index in [1.807, 2.05) is 0 Å². The number of ketones is 1. The fraction of sp³-hybridized carbons (Fsp3) is 0.188. The monoisotopic (exact) mass is 319 g/mol. The highest BCUT2D eigenvalue weighted by molar-refractivity contribution is 5.98. The Morgan fingerprint density at radius 2 is 1.91 bits per heavy atom. The maximum atomic E-state index is 13.4. The zero-order valence-corrected chi connectivity index (χ0v) is 12.1. The van der Waals surface area contributed by atoms with Crippen molar-refractivity contribution in [2.75, 3.05) is 13.2 Å². The number of carbonyl (C=O) groups is 3. The molecule has 0 unspecified atom stereocenters. The fourth-order valence-electron chi connectivity index (χ4n) is 1.76. The van der Waals surface area contributed by atoms with Crippen molar-refractivity contribution in [3.8, 4) is 0 Å². The van der Waals surface area contributed by atoms with E-state index in [1.165, 1.54) is 30.5 Å². The van der Waals surface area contributed by atoms with Gasteiger partial charge in [-0.25, -0.2) is 4.39 Å². The van der Waals surface area contributed by atoms with Crippen molar-refractivity contribution in [3.63, 3.8) is 0 Å². The average Bonchev–Trinajstić information content (AvgIpc) is 3.07. The van der Waals surface area contributed by atoms with Crippen LogP contribution in [0.25, 0.3) is 0 Å². The summed E-state index contributed by atoms with van der Waals surface area (Å²) < 4.78 is 23.0. The summed E-state index contributed by atoms with van der Waals surface area (Å²) in [6, 6.07) is 8.49. The molecule has 6 nitrogen and oxygen atoms in total. The molecule has 1 heterocycles. The molecule has 0 fully saturated rings. The Labute approximate surface area is 131 Å². The van der Waals surface area contributed by atoms with E-state index in [4.69, 9.17) is 9.15 Å². The molecule has 23 heavy (non-hydrogen) atoms. The van der Waals surface area contributed by atoms with Crippen LogP contribution in [0.15, 0.2) is 47.1 Å². The van der Waals surface area contributed by atoms with Crippen LogP contribution in [-0.4, -0.2) is 30.8 Å². The smallest absolute Gasteiger partial charge is 0.308 e. The summed E-state index contributed by atoms with van der Waals surface area (Å²) in [5.74, 6) is -2.29. The quantitative estimate of drug-likeness (QED) is 0.623. The Hall–Kier alpha value is -2.96. The first-order valence-corrected chi connectivity index (χ1v) is 6.83. The van der Waals surface area contributed by atoms with Gasteiger partial charge in [0, 0.05) is 6.54 Å². The van der Waals surface area contributed by atoms with Gasteiger partial charge >= 0.3 is 5.97 Å². The van der Waals surface area contributed by atoms with Crippen LogP contribution >= 0.6 is 0 Å². The molecule has 0 saturated heterocycles. The van der Waals surface area contributed by atoms with Gasteiger partial charge in [0.25, 0.3) is 5.91 Å². The second-order valence-electron chi connectivity index (χ2n) is 4.55. The topological polar surface area (TPSA) is 85.6 Å². The molecule has 0 radical (unpaired) electrons.